The Morgan fingerprint density at radius 2 is 1.57 bits per heavy atom. The Bertz CT molecular complexity index is 207. The van der Waals surface area contributed by atoms with Crippen LogP contribution in [0.3, 0.4) is 0 Å². The molecule has 2 rings (SSSR count). The van der Waals surface area contributed by atoms with Crippen LogP contribution in [0.2, 0.25) is 0 Å². The van der Waals surface area contributed by atoms with Crippen LogP contribution >= 0.6 is 0 Å². The van der Waals surface area contributed by atoms with Crippen LogP contribution in [-0.4, -0.2) is 11.5 Å². The first-order chi connectivity index (χ1) is 6.48. The van der Waals surface area contributed by atoms with E-state index in [1.807, 2.05) is 13.8 Å². The Morgan fingerprint density at radius 3 is 1.93 bits per heavy atom. The summed E-state index contributed by atoms with van der Waals surface area (Å²) >= 11 is 0. The van der Waals surface area contributed by atoms with Gasteiger partial charge in [0, 0.05) is 5.92 Å². The van der Waals surface area contributed by atoms with Crippen molar-refractivity contribution in [2.75, 3.05) is 0 Å². The standard InChI is InChI=1S/C10H15FO.C2H6/c1-10(2,11)9(12)8-4-6-3-7(6)5-8;1-2/h6-8H,3-5H2,1-2H3;1-2H3. The van der Waals surface area contributed by atoms with Crippen molar-refractivity contribution < 1.29 is 9.18 Å². The quantitative estimate of drug-likeness (QED) is 0.668. The maximum atomic E-state index is 13.2. The first kappa shape index (κ1) is 11.7. The van der Waals surface area contributed by atoms with E-state index < -0.39 is 5.67 Å². The average molecular weight is 200 g/mol. The van der Waals surface area contributed by atoms with Crippen molar-refractivity contribution in [3.63, 3.8) is 0 Å². The van der Waals surface area contributed by atoms with E-state index in [-0.39, 0.29) is 11.7 Å². The van der Waals surface area contributed by atoms with Crippen LogP contribution in [0.1, 0.15) is 47.0 Å². The van der Waals surface area contributed by atoms with Gasteiger partial charge in [0.05, 0.1) is 0 Å². The molecule has 1 nitrogen and oxygen atoms in total. The number of carbonyl (C=O) groups is 1. The fourth-order valence-corrected chi connectivity index (χ4v) is 2.41. The molecule has 2 aliphatic rings. The Hall–Kier alpha value is -0.400. The van der Waals surface area contributed by atoms with Gasteiger partial charge in [-0.15, -0.1) is 0 Å². The smallest absolute Gasteiger partial charge is 0.172 e. The van der Waals surface area contributed by atoms with E-state index in [1.165, 1.54) is 20.3 Å². The Kier molecular flexibility index (Phi) is 3.33. The number of alkyl halides is 1. The second kappa shape index (κ2) is 4.00. The number of fused-ring (bicyclic) bond motifs is 1. The molecule has 0 aromatic rings. The molecule has 0 aromatic heterocycles. The minimum Gasteiger partial charge on any atom is -0.296 e. The first-order valence-electron chi connectivity index (χ1n) is 5.71. The summed E-state index contributed by atoms with van der Waals surface area (Å²) in [7, 11) is 0. The van der Waals surface area contributed by atoms with Gasteiger partial charge in [-0.2, -0.15) is 0 Å². The van der Waals surface area contributed by atoms with Crippen molar-refractivity contribution in [1.29, 1.82) is 0 Å². The largest absolute Gasteiger partial charge is 0.296 e. The number of hydrogen-bond acceptors (Lipinski definition) is 1. The van der Waals surface area contributed by atoms with E-state index in [4.69, 9.17) is 0 Å². The molecule has 2 heteroatoms. The van der Waals surface area contributed by atoms with Crippen LogP contribution < -0.4 is 0 Å². The number of hydrogen-bond donors (Lipinski definition) is 0. The maximum Gasteiger partial charge on any atom is 0.172 e. The lowest BCUT2D eigenvalue weighted by atomic mass is 9.89. The maximum absolute atomic E-state index is 13.2. The SMILES string of the molecule is CC.CC(C)(F)C(=O)C1CC2CC2C1. The van der Waals surface area contributed by atoms with Gasteiger partial charge in [0.2, 0.25) is 0 Å². The average Bonchev–Trinajstić information content (AvgIpc) is 2.74. The van der Waals surface area contributed by atoms with Crippen LogP contribution in [0.25, 0.3) is 0 Å². The van der Waals surface area contributed by atoms with Crippen molar-refractivity contribution in [1.82, 2.24) is 0 Å². The van der Waals surface area contributed by atoms with E-state index in [2.05, 4.69) is 0 Å². The van der Waals surface area contributed by atoms with Gasteiger partial charge < -0.3 is 0 Å². The minimum absolute atomic E-state index is 0.0359. The lowest BCUT2D eigenvalue weighted by Crippen LogP contribution is -2.32. The van der Waals surface area contributed by atoms with E-state index in [0.717, 1.165) is 24.7 Å². The van der Waals surface area contributed by atoms with Crippen LogP contribution in [0, 0.1) is 17.8 Å². The van der Waals surface area contributed by atoms with Crippen LogP contribution in [0.4, 0.5) is 4.39 Å². The van der Waals surface area contributed by atoms with E-state index >= 15 is 0 Å². The highest BCUT2D eigenvalue weighted by Crippen LogP contribution is 2.55. The summed E-state index contributed by atoms with van der Waals surface area (Å²) in [5, 5.41) is 0. The Morgan fingerprint density at radius 1 is 1.14 bits per heavy atom. The Labute approximate surface area is 86.1 Å². The van der Waals surface area contributed by atoms with Crippen LogP contribution in [0.15, 0.2) is 0 Å². The van der Waals surface area contributed by atoms with Crippen LogP contribution in [0.5, 0.6) is 0 Å². The lowest BCUT2D eigenvalue weighted by Gasteiger charge is -2.18. The summed E-state index contributed by atoms with van der Waals surface area (Å²) in [4.78, 5) is 11.5. The fourth-order valence-electron chi connectivity index (χ4n) is 2.41. The van der Waals surface area contributed by atoms with E-state index in [9.17, 15) is 9.18 Å². The van der Waals surface area contributed by atoms with Gasteiger partial charge in [-0.1, -0.05) is 13.8 Å². The van der Waals surface area contributed by atoms with Gasteiger partial charge in [-0.25, -0.2) is 4.39 Å². The second-order valence-electron chi connectivity index (χ2n) is 4.76. The molecule has 0 aromatic carbocycles. The van der Waals surface area contributed by atoms with Gasteiger partial charge >= 0.3 is 0 Å². The lowest BCUT2D eigenvalue weighted by molar-refractivity contribution is -0.132. The highest BCUT2D eigenvalue weighted by Gasteiger charge is 2.50. The summed E-state index contributed by atoms with van der Waals surface area (Å²) in [5.74, 6) is 1.39. The van der Waals surface area contributed by atoms with Crippen molar-refractivity contribution in [2.45, 2.75) is 52.6 Å². The number of Topliss-reactive ketones (excluding diaryl/α,β-unsaturated/α-hetero) is 1. The molecule has 0 heterocycles. The predicted molar refractivity (Wildman–Crippen MR) is 55.9 cm³/mol. The van der Waals surface area contributed by atoms with Gasteiger partial charge in [0.15, 0.2) is 11.5 Å². The van der Waals surface area contributed by atoms with E-state index in [1.54, 1.807) is 0 Å². The van der Waals surface area contributed by atoms with E-state index in [0.29, 0.717) is 0 Å². The molecule has 2 aliphatic carbocycles. The predicted octanol–water partition coefficient (Wildman–Crippen LogP) is 3.38. The molecule has 0 aliphatic heterocycles. The zero-order chi connectivity index (χ0) is 10.9. The van der Waals surface area contributed by atoms with Gasteiger partial charge in [-0.3, -0.25) is 4.79 Å². The molecule has 0 N–H and O–H groups in total. The molecule has 2 saturated carbocycles. The summed E-state index contributed by atoms with van der Waals surface area (Å²) < 4.78 is 13.2. The molecule has 82 valence electrons. The molecule has 0 amide bonds. The summed E-state index contributed by atoms with van der Waals surface area (Å²) in [6, 6.07) is 0. The van der Waals surface area contributed by atoms with Gasteiger partial charge in [0.1, 0.15) is 0 Å². The third-order valence-corrected chi connectivity index (χ3v) is 3.20. The number of halogens is 1. The normalized spacial score (nSPS) is 34.2. The number of carbonyl (C=O) groups excluding carboxylic acids is 1. The molecular formula is C12H21FO. The molecule has 0 saturated heterocycles. The van der Waals surface area contributed by atoms with Crippen LogP contribution in [-0.2, 0) is 4.79 Å². The van der Waals surface area contributed by atoms with Crippen molar-refractivity contribution in [2.24, 2.45) is 17.8 Å². The summed E-state index contributed by atoms with van der Waals surface area (Å²) in [6.45, 7) is 6.75. The topological polar surface area (TPSA) is 17.1 Å². The fraction of sp³-hybridized carbons (Fsp3) is 0.917. The summed E-state index contributed by atoms with van der Waals surface area (Å²) in [5.41, 5.74) is -1.61. The number of rotatable bonds is 2. The van der Waals surface area contributed by atoms with Gasteiger partial charge in [0.25, 0.3) is 0 Å². The monoisotopic (exact) mass is 200 g/mol. The Balaban J connectivity index is 0.000000461. The minimum atomic E-state index is -1.61. The highest BCUT2D eigenvalue weighted by molar-refractivity contribution is 5.88. The molecule has 14 heavy (non-hydrogen) atoms. The molecule has 0 bridgehead atoms. The summed E-state index contributed by atoms with van der Waals surface area (Å²) in [6.07, 6.45) is 3.20. The second-order valence-corrected chi connectivity index (χ2v) is 4.76. The van der Waals surface area contributed by atoms with Crippen molar-refractivity contribution in [3.8, 4) is 0 Å². The number of ketones is 1. The molecular weight excluding hydrogens is 179 g/mol. The third-order valence-electron chi connectivity index (χ3n) is 3.20. The molecule has 2 fully saturated rings. The van der Waals surface area contributed by atoms with Gasteiger partial charge in [-0.05, 0) is 44.9 Å². The van der Waals surface area contributed by atoms with Crippen molar-refractivity contribution >= 4 is 5.78 Å². The molecule has 0 radical (unpaired) electrons. The highest BCUT2D eigenvalue weighted by atomic mass is 19.1. The molecule has 0 spiro atoms. The molecule has 2 unspecified atom stereocenters. The first-order valence-corrected chi connectivity index (χ1v) is 5.71. The molecule has 2 atom stereocenters. The zero-order valence-electron chi connectivity index (χ0n) is 9.64. The zero-order valence-corrected chi connectivity index (χ0v) is 9.64. The van der Waals surface area contributed by atoms with Crippen molar-refractivity contribution in [3.05, 3.63) is 0 Å². The third kappa shape index (κ3) is 2.34.